The van der Waals surface area contributed by atoms with E-state index >= 15 is 0 Å². The largest absolute Gasteiger partial charge is 0.304 e. The number of hydrogen-bond donors (Lipinski definition) is 0. The van der Waals surface area contributed by atoms with Crippen molar-refractivity contribution in [3.05, 3.63) is 10.1 Å². The average molecular weight is 227 g/mol. The molecule has 16 heavy (non-hydrogen) atoms. The molecule has 0 amide bonds. The van der Waals surface area contributed by atoms with Gasteiger partial charge in [-0.05, 0) is 19.9 Å². The monoisotopic (exact) mass is 227 g/mol. The van der Waals surface area contributed by atoms with Crippen molar-refractivity contribution in [3.8, 4) is 0 Å². The summed E-state index contributed by atoms with van der Waals surface area (Å²) >= 11 is 0. The second kappa shape index (κ2) is 5.10. The Morgan fingerprint density at radius 3 is 2.50 bits per heavy atom. The molecule has 0 bridgehead atoms. The number of nitrogens with zero attached hydrogens (tertiary/aromatic N) is 3. The zero-order valence-electron chi connectivity index (χ0n) is 9.97. The fourth-order valence-electron chi connectivity index (χ4n) is 2.85. The lowest BCUT2D eigenvalue weighted by Gasteiger charge is -2.39. The van der Waals surface area contributed by atoms with Crippen LogP contribution in [0.1, 0.15) is 25.7 Å². The molecular weight excluding hydrogens is 206 g/mol. The van der Waals surface area contributed by atoms with Crippen LogP contribution in [0.4, 0.5) is 0 Å². The highest BCUT2D eigenvalue weighted by atomic mass is 16.6. The topological polar surface area (TPSA) is 49.6 Å². The molecule has 0 radical (unpaired) electrons. The standard InChI is InChI=1S/C11H21N3O2/c1-12-5-7-13(8-6-12)10-3-2-4-11(9-10)14(15)16/h10-11H,2-9H2,1H3. The van der Waals surface area contributed by atoms with Gasteiger partial charge >= 0.3 is 0 Å². The fraction of sp³-hybridized carbons (Fsp3) is 1.00. The van der Waals surface area contributed by atoms with E-state index in [4.69, 9.17) is 0 Å². The Labute approximate surface area is 96.5 Å². The van der Waals surface area contributed by atoms with Crippen molar-refractivity contribution in [3.63, 3.8) is 0 Å². The van der Waals surface area contributed by atoms with Crippen molar-refractivity contribution in [2.45, 2.75) is 37.8 Å². The Morgan fingerprint density at radius 1 is 1.19 bits per heavy atom. The maximum absolute atomic E-state index is 10.8. The average Bonchev–Trinajstić information content (AvgIpc) is 2.30. The van der Waals surface area contributed by atoms with Crippen molar-refractivity contribution in [1.29, 1.82) is 0 Å². The molecule has 1 aliphatic heterocycles. The first-order valence-electron chi connectivity index (χ1n) is 6.23. The minimum Gasteiger partial charge on any atom is -0.304 e. The summed E-state index contributed by atoms with van der Waals surface area (Å²) in [5.41, 5.74) is 0. The van der Waals surface area contributed by atoms with Gasteiger partial charge in [0.05, 0.1) is 0 Å². The van der Waals surface area contributed by atoms with Crippen LogP contribution in [-0.4, -0.2) is 60.0 Å². The third-order valence-electron chi connectivity index (χ3n) is 3.97. The van der Waals surface area contributed by atoms with Crippen molar-refractivity contribution in [1.82, 2.24) is 9.80 Å². The van der Waals surface area contributed by atoms with E-state index in [1.54, 1.807) is 0 Å². The molecule has 1 saturated carbocycles. The number of rotatable bonds is 2. The lowest BCUT2D eigenvalue weighted by atomic mass is 9.90. The Kier molecular flexibility index (Phi) is 3.76. The number of piperazine rings is 1. The zero-order chi connectivity index (χ0) is 11.5. The Morgan fingerprint density at radius 2 is 1.88 bits per heavy atom. The summed E-state index contributed by atoms with van der Waals surface area (Å²) in [5, 5.41) is 10.8. The first kappa shape index (κ1) is 11.8. The maximum Gasteiger partial charge on any atom is 0.214 e. The van der Waals surface area contributed by atoms with E-state index < -0.39 is 0 Å². The minimum atomic E-state index is -0.293. The van der Waals surface area contributed by atoms with Gasteiger partial charge < -0.3 is 4.90 Å². The Hall–Kier alpha value is -0.680. The molecule has 2 fully saturated rings. The van der Waals surface area contributed by atoms with Crippen LogP contribution in [0.25, 0.3) is 0 Å². The lowest BCUT2D eigenvalue weighted by Crippen LogP contribution is -2.51. The smallest absolute Gasteiger partial charge is 0.214 e. The molecule has 0 aromatic rings. The van der Waals surface area contributed by atoms with Gasteiger partial charge in [0, 0.05) is 50.0 Å². The molecule has 1 saturated heterocycles. The van der Waals surface area contributed by atoms with Crippen LogP contribution in [0.3, 0.4) is 0 Å². The summed E-state index contributed by atoms with van der Waals surface area (Å²) in [5.74, 6) is 0. The van der Waals surface area contributed by atoms with Crippen molar-refractivity contribution < 1.29 is 4.92 Å². The van der Waals surface area contributed by atoms with Gasteiger partial charge in [-0.3, -0.25) is 15.0 Å². The van der Waals surface area contributed by atoms with Gasteiger partial charge in [0.15, 0.2) is 0 Å². The highest BCUT2D eigenvalue weighted by molar-refractivity contribution is 4.83. The van der Waals surface area contributed by atoms with E-state index in [2.05, 4.69) is 16.8 Å². The Bertz CT molecular complexity index is 252. The first-order chi connectivity index (χ1) is 7.66. The Balaban J connectivity index is 1.87. The molecule has 0 spiro atoms. The molecule has 5 heteroatoms. The summed E-state index contributed by atoms with van der Waals surface area (Å²) in [6.45, 7) is 4.34. The van der Waals surface area contributed by atoms with Crippen LogP contribution in [-0.2, 0) is 0 Å². The van der Waals surface area contributed by atoms with Crippen molar-refractivity contribution >= 4 is 0 Å². The predicted molar refractivity (Wildman–Crippen MR) is 62.1 cm³/mol. The highest BCUT2D eigenvalue weighted by Gasteiger charge is 2.33. The summed E-state index contributed by atoms with van der Waals surface area (Å²) < 4.78 is 0. The van der Waals surface area contributed by atoms with E-state index in [0.717, 1.165) is 51.9 Å². The van der Waals surface area contributed by atoms with Crippen LogP contribution in [0.2, 0.25) is 0 Å². The molecule has 1 heterocycles. The van der Waals surface area contributed by atoms with Gasteiger partial charge in [0.25, 0.3) is 0 Å². The summed E-state index contributed by atoms with van der Waals surface area (Å²) in [6.07, 6.45) is 3.70. The van der Waals surface area contributed by atoms with Gasteiger partial charge in [0.2, 0.25) is 6.04 Å². The molecule has 2 atom stereocenters. The number of nitro groups is 1. The quantitative estimate of drug-likeness (QED) is 0.518. The molecular formula is C11H21N3O2. The van der Waals surface area contributed by atoms with Gasteiger partial charge in [0.1, 0.15) is 0 Å². The highest BCUT2D eigenvalue weighted by Crippen LogP contribution is 2.25. The van der Waals surface area contributed by atoms with Crippen LogP contribution in [0.5, 0.6) is 0 Å². The summed E-state index contributed by atoms with van der Waals surface area (Å²) in [6, 6.07) is 0.163. The number of likely N-dealkylation sites (N-methyl/N-ethyl adjacent to an activating group) is 1. The normalized spacial score (nSPS) is 33.8. The van der Waals surface area contributed by atoms with Crippen LogP contribution in [0.15, 0.2) is 0 Å². The predicted octanol–water partition coefficient (Wildman–Crippen LogP) is 0.822. The van der Waals surface area contributed by atoms with Gasteiger partial charge in [-0.2, -0.15) is 0 Å². The molecule has 0 aromatic heterocycles. The van der Waals surface area contributed by atoms with Crippen molar-refractivity contribution in [2.24, 2.45) is 0 Å². The molecule has 0 aromatic carbocycles. The van der Waals surface area contributed by atoms with Gasteiger partial charge in [-0.15, -0.1) is 0 Å². The zero-order valence-corrected chi connectivity index (χ0v) is 9.97. The van der Waals surface area contributed by atoms with E-state index in [1.165, 1.54) is 0 Å². The van der Waals surface area contributed by atoms with Gasteiger partial charge in [-0.1, -0.05) is 0 Å². The fourth-order valence-corrected chi connectivity index (χ4v) is 2.85. The molecule has 92 valence electrons. The molecule has 2 aliphatic rings. The lowest BCUT2D eigenvalue weighted by molar-refractivity contribution is -0.527. The molecule has 5 nitrogen and oxygen atoms in total. The van der Waals surface area contributed by atoms with Crippen LogP contribution >= 0.6 is 0 Å². The third-order valence-corrected chi connectivity index (χ3v) is 3.97. The van der Waals surface area contributed by atoms with E-state index in [1.807, 2.05) is 0 Å². The van der Waals surface area contributed by atoms with E-state index in [-0.39, 0.29) is 11.0 Å². The van der Waals surface area contributed by atoms with Gasteiger partial charge in [-0.25, -0.2) is 0 Å². The van der Waals surface area contributed by atoms with E-state index in [9.17, 15) is 10.1 Å². The van der Waals surface area contributed by atoms with E-state index in [0.29, 0.717) is 6.04 Å². The first-order valence-corrected chi connectivity index (χ1v) is 6.23. The second-order valence-corrected chi connectivity index (χ2v) is 5.10. The molecule has 2 unspecified atom stereocenters. The molecule has 1 aliphatic carbocycles. The summed E-state index contributed by atoms with van der Waals surface area (Å²) in [4.78, 5) is 15.5. The van der Waals surface area contributed by atoms with Crippen LogP contribution < -0.4 is 0 Å². The van der Waals surface area contributed by atoms with Crippen LogP contribution in [0, 0.1) is 10.1 Å². The number of hydrogen-bond acceptors (Lipinski definition) is 4. The van der Waals surface area contributed by atoms with Crippen molar-refractivity contribution in [2.75, 3.05) is 33.2 Å². The molecule has 2 rings (SSSR count). The molecule has 0 N–H and O–H groups in total. The SMILES string of the molecule is CN1CCN(C2CCCC([N+](=O)[O-])C2)CC1. The minimum absolute atomic E-state index is 0.0811. The summed E-state index contributed by atoms with van der Waals surface area (Å²) in [7, 11) is 2.14. The maximum atomic E-state index is 10.8. The second-order valence-electron chi connectivity index (χ2n) is 5.10. The third kappa shape index (κ3) is 2.71.